The van der Waals surface area contributed by atoms with Crippen LogP contribution in [0.25, 0.3) is 0 Å². The van der Waals surface area contributed by atoms with Gasteiger partial charge in [-0.3, -0.25) is 4.79 Å². The minimum Gasteiger partial charge on any atom is -0.394 e. The van der Waals surface area contributed by atoms with E-state index >= 15 is 0 Å². The van der Waals surface area contributed by atoms with Gasteiger partial charge in [-0.25, -0.2) is 0 Å². The predicted octanol–water partition coefficient (Wildman–Crippen LogP) is 9.70. The summed E-state index contributed by atoms with van der Waals surface area (Å²) in [6, 6.07) is -0.657. The molecule has 250 valence electrons. The van der Waals surface area contributed by atoms with Gasteiger partial charge in [-0.05, 0) is 38.5 Å². The standard InChI is InChI=1S/C37H73NO4/c1-3-5-7-9-11-13-15-16-17-18-19-21-22-24-26-28-30-34(40)32-37(42)38-35(33-39)36(41)31-29-27-25-23-20-14-12-10-8-6-4-2/h19,21,34-36,39-41H,3-18,20,22-33H2,1-2H3,(H,38,42)/b21-19-. The van der Waals surface area contributed by atoms with Crippen LogP contribution in [0.2, 0.25) is 0 Å². The maximum atomic E-state index is 12.4. The number of carbonyl (C=O) groups is 1. The molecule has 0 fully saturated rings. The van der Waals surface area contributed by atoms with E-state index in [0.29, 0.717) is 12.8 Å². The first-order chi connectivity index (χ1) is 20.5. The van der Waals surface area contributed by atoms with Crippen LogP contribution in [-0.4, -0.2) is 46.1 Å². The van der Waals surface area contributed by atoms with Crippen LogP contribution >= 0.6 is 0 Å². The zero-order chi connectivity index (χ0) is 30.9. The number of allylic oxidation sites excluding steroid dienone is 2. The summed E-state index contributed by atoms with van der Waals surface area (Å²) < 4.78 is 0. The highest BCUT2D eigenvalue weighted by atomic mass is 16.3. The van der Waals surface area contributed by atoms with E-state index in [2.05, 4.69) is 31.3 Å². The van der Waals surface area contributed by atoms with E-state index in [9.17, 15) is 20.1 Å². The number of hydrogen-bond donors (Lipinski definition) is 4. The average Bonchev–Trinajstić information content (AvgIpc) is 2.98. The van der Waals surface area contributed by atoms with Crippen molar-refractivity contribution in [3.05, 3.63) is 12.2 Å². The zero-order valence-corrected chi connectivity index (χ0v) is 28.1. The zero-order valence-electron chi connectivity index (χ0n) is 28.1. The number of unbranched alkanes of at least 4 members (excludes halogenated alkanes) is 22. The van der Waals surface area contributed by atoms with Crippen LogP contribution in [0, 0.1) is 0 Å². The first-order valence-corrected chi connectivity index (χ1v) is 18.5. The van der Waals surface area contributed by atoms with Crippen molar-refractivity contribution in [2.45, 2.75) is 212 Å². The molecule has 0 rings (SSSR count). The smallest absolute Gasteiger partial charge is 0.222 e. The van der Waals surface area contributed by atoms with Crippen molar-refractivity contribution in [3.63, 3.8) is 0 Å². The second kappa shape index (κ2) is 33.0. The summed E-state index contributed by atoms with van der Waals surface area (Å²) >= 11 is 0. The van der Waals surface area contributed by atoms with E-state index in [-0.39, 0.29) is 18.9 Å². The molecule has 0 saturated heterocycles. The normalized spacial score (nSPS) is 13.9. The van der Waals surface area contributed by atoms with Gasteiger partial charge in [0.2, 0.25) is 5.91 Å². The van der Waals surface area contributed by atoms with Crippen LogP contribution in [0.4, 0.5) is 0 Å². The number of aliphatic hydroxyl groups excluding tert-OH is 3. The molecule has 0 aromatic carbocycles. The number of hydrogen-bond acceptors (Lipinski definition) is 4. The maximum absolute atomic E-state index is 12.4. The summed E-state index contributed by atoms with van der Waals surface area (Å²) in [5.41, 5.74) is 0. The second-order valence-electron chi connectivity index (χ2n) is 12.8. The van der Waals surface area contributed by atoms with Gasteiger partial charge in [0.25, 0.3) is 0 Å². The lowest BCUT2D eigenvalue weighted by Gasteiger charge is -2.23. The minimum absolute atomic E-state index is 0.0281. The molecule has 0 heterocycles. The molecule has 4 N–H and O–H groups in total. The van der Waals surface area contributed by atoms with E-state index in [1.54, 1.807) is 0 Å². The van der Waals surface area contributed by atoms with Gasteiger partial charge in [0.05, 0.1) is 31.3 Å². The third-order valence-electron chi connectivity index (χ3n) is 8.58. The van der Waals surface area contributed by atoms with Crippen LogP contribution in [0.5, 0.6) is 0 Å². The fourth-order valence-corrected chi connectivity index (χ4v) is 5.69. The first-order valence-electron chi connectivity index (χ1n) is 18.5. The number of carbonyl (C=O) groups excluding carboxylic acids is 1. The van der Waals surface area contributed by atoms with Crippen LogP contribution in [0.15, 0.2) is 12.2 Å². The molecule has 0 saturated carbocycles. The Bertz CT molecular complexity index is 582. The van der Waals surface area contributed by atoms with Crippen LogP contribution in [-0.2, 0) is 4.79 Å². The Morgan fingerprint density at radius 3 is 1.40 bits per heavy atom. The van der Waals surface area contributed by atoms with Crippen LogP contribution in [0.3, 0.4) is 0 Å². The van der Waals surface area contributed by atoms with Crippen molar-refractivity contribution in [2.24, 2.45) is 0 Å². The molecular weight excluding hydrogens is 522 g/mol. The fraction of sp³-hybridized carbons (Fsp3) is 0.919. The molecule has 0 aliphatic rings. The summed E-state index contributed by atoms with van der Waals surface area (Å²) in [6.07, 6.45) is 35.9. The molecule has 0 aromatic rings. The molecule has 42 heavy (non-hydrogen) atoms. The molecule has 0 aromatic heterocycles. The van der Waals surface area contributed by atoms with Crippen molar-refractivity contribution in [1.82, 2.24) is 5.32 Å². The Labute approximate surface area is 261 Å². The highest BCUT2D eigenvalue weighted by molar-refractivity contribution is 5.76. The molecule has 0 bridgehead atoms. The van der Waals surface area contributed by atoms with Crippen molar-refractivity contribution in [3.8, 4) is 0 Å². The highest BCUT2D eigenvalue weighted by Crippen LogP contribution is 2.15. The molecular formula is C37H73NO4. The Hall–Kier alpha value is -0.910. The Balaban J connectivity index is 3.69. The van der Waals surface area contributed by atoms with Crippen molar-refractivity contribution >= 4 is 5.91 Å². The van der Waals surface area contributed by atoms with Crippen molar-refractivity contribution in [2.75, 3.05) is 6.61 Å². The first kappa shape index (κ1) is 41.1. The highest BCUT2D eigenvalue weighted by Gasteiger charge is 2.21. The number of aliphatic hydroxyl groups is 3. The molecule has 5 nitrogen and oxygen atoms in total. The predicted molar refractivity (Wildman–Crippen MR) is 181 cm³/mol. The van der Waals surface area contributed by atoms with Crippen molar-refractivity contribution < 1.29 is 20.1 Å². The van der Waals surface area contributed by atoms with Gasteiger partial charge in [0, 0.05) is 0 Å². The van der Waals surface area contributed by atoms with E-state index in [1.807, 2.05) is 0 Å². The average molecular weight is 596 g/mol. The monoisotopic (exact) mass is 596 g/mol. The van der Waals surface area contributed by atoms with Crippen LogP contribution < -0.4 is 5.32 Å². The molecule has 3 atom stereocenters. The van der Waals surface area contributed by atoms with E-state index in [1.165, 1.54) is 122 Å². The van der Waals surface area contributed by atoms with E-state index in [4.69, 9.17) is 0 Å². The summed E-state index contributed by atoms with van der Waals surface area (Å²) in [5.74, 6) is -0.293. The van der Waals surface area contributed by atoms with Gasteiger partial charge in [-0.15, -0.1) is 0 Å². The van der Waals surface area contributed by atoms with Crippen LogP contribution in [0.1, 0.15) is 194 Å². The second-order valence-corrected chi connectivity index (χ2v) is 12.8. The van der Waals surface area contributed by atoms with Gasteiger partial charge in [0.15, 0.2) is 0 Å². The Morgan fingerprint density at radius 1 is 0.571 bits per heavy atom. The molecule has 3 unspecified atom stereocenters. The Kier molecular flexibility index (Phi) is 32.3. The molecule has 5 heteroatoms. The van der Waals surface area contributed by atoms with Crippen molar-refractivity contribution in [1.29, 1.82) is 0 Å². The molecule has 0 spiro atoms. The lowest BCUT2D eigenvalue weighted by molar-refractivity contribution is -0.125. The number of rotatable bonds is 33. The van der Waals surface area contributed by atoms with E-state index < -0.39 is 18.2 Å². The number of nitrogens with one attached hydrogen (secondary N) is 1. The quantitative estimate of drug-likeness (QED) is 0.0449. The van der Waals surface area contributed by atoms with E-state index in [0.717, 1.165) is 38.5 Å². The largest absolute Gasteiger partial charge is 0.394 e. The SMILES string of the molecule is CCCCCCCCCCC/C=C\CCCCCC(O)CC(=O)NC(CO)C(O)CCCCCCCCCCCCC. The summed E-state index contributed by atoms with van der Waals surface area (Å²) in [6.45, 7) is 4.23. The summed E-state index contributed by atoms with van der Waals surface area (Å²) in [7, 11) is 0. The lowest BCUT2D eigenvalue weighted by Crippen LogP contribution is -2.46. The minimum atomic E-state index is -0.747. The number of amides is 1. The maximum Gasteiger partial charge on any atom is 0.222 e. The molecule has 0 radical (unpaired) electrons. The Morgan fingerprint density at radius 2 is 0.952 bits per heavy atom. The summed E-state index contributed by atoms with van der Waals surface area (Å²) in [4.78, 5) is 12.4. The third-order valence-corrected chi connectivity index (χ3v) is 8.58. The van der Waals surface area contributed by atoms with Gasteiger partial charge >= 0.3 is 0 Å². The van der Waals surface area contributed by atoms with Gasteiger partial charge in [-0.2, -0.15) is 0 Å². The third kappa shape index (κ3) is 29.2. The summed E-state index contributed by atoms with van der Waals surface area (Å²) in [5, 5.41) is 33.1. The fourth-order valence-electron chi connectivity index (χ4n) is 5.69. The lowest BCUT2D eigenvalue weighted by atomic mass is 10.0. The topological polar surface area (TPSA) is 89.8 Å². The molecule has 0 aliphatic carbocycles. The van der Waals surface area contributed by atoms with Gasteiger partial charge < -0.3 is 20.6 Å². The van der Waals surface area contributed by atoms with Gasteiger partial charge in [-0.1, -0.05) is 161 Å². The molecule has 1 amide bonds. The molecule has 0 aliphatic heterocycles. The van der Waals surface area contributed by atoms with Gasteiger partial charge in [0.1, 0.15) is 0 Å².